The molecule has 0 spiro atoms. The summed E-state index contributed by atoms with van der Waals surface area (Å²) < 4.78 is 6.18. The van der Waals surface area contributed by atoms with Crippen LogP contribution in [-0.2, 0) is 0 Å². The molecule has 0 saturated carbocycles. The monoisotopic (exact) mass is 501 g/mol. The third-order valence-electron chi connectivity index (χ3n) is 5.87. The van der Waals surface area contributed by atoms with E-state index in [1.165, 1.54) is 12.1 Å². The molecule has 0 aliphatic carbocycles. The van der Waals surface area contributed by atoms with Crippen LogP contribution in [0.2, 0.25) is 0 Å². The van der Waals surface area contributed by atoms with Gasteiger partial charge in [0.15, 0.2) is 5.11 Å². The lowest BCUT2D eigenvalue weighted by molar-refractivity contribution is 0.0696. The van der Waals surface area contributed by atoms with Gasteiger partial charge in [0.2, 0.25) is 0 Å². The van der Waals surface area contributed by atoms with E-state index in [1.807, 2.05) is 12.1 Å². The largest absolute Gasteiger partial charge is 0.506 e. The van der Waals surface area contributed by atoms with E-state index in [-0.39, 0.29) is 22.6 Å². The number of aromatic nitrogens is 1. The first-order chi connectivity index (χ1) is 17.3. The van der Waals surface area contributed by atoms with Crippen LogP contribution in [0.1, 0.15) is 44.3 Å². The number of rotatable bonds is 6. The fourth-order valence-corrected chi connectivity index (χ4v) is 4.59. The molecule has 0 bridgehead atoms. The van der Waals surface area contributed by atoms with Crippen LogP contribution in [0.4, 0.5) is 5.69 Å². The molecule has 0 amide bonds. The van der Waals surface area contributed by atoms with E-state index >= 15 is 0 Å². The summed E-state index contributed by atoms with van der Waals surface area (Å²) in [5, 5.41) is 33.1. The van der Waals surface area contributed by atoms with E-state index in [0.29, 0.717) is 27.8 Å². The SMILES string of the molecule is O=C(O)c1cc(C(=O)O)cc(-c2ccc([C@H]3[C@@H](c4ccccn4)NC(=S)N3c3ccccc3O)o2)c1. The van der Waals surface area contributed by atoms with Gasteiger partial charge in [0, 0.05) is 11.8 Å². The number of hydrogen-bond donors (Lipinski definition) is 4. The van der Waals surface area contributed by atoms with Gasteiger partial charge >= 0.3 is 11.9 Å². The van der Waals surface area contributed by atoms with Gasteiger partial charge in [0.05, 0.1) is 28.6 Å². The lowest BCUT2D eigenvalue weighted by atomic mass is 10.0. The molecule has 4 N–H and O–H groups in total. The molecule has 10 heteroatoms. The minimum absolute atomic E-state index is 0.0281. The Balaban J connectivity index is 1.63. The molecular formula is C26H19N3O6S. The summed E-state index contributed by atoms with van der Waals surface area (Å²) in [4.78, 5) is 29.3. The van der Waals surface area contributed by atoms with Crippen LogP contribution in [0, 0.1) is 0 Å². The number of aromatic carboxylic acids is 2. The summed E-state index contributed by atoms with van der Waals surface area (Å²) in [7, 11) is 0. The molecule has 180 valence electrons. The maximum Gasteiger partial charge on any atom is 0.335 e. The number of nitrogens with one attached hydrogen (secondary N) is 1. The van der Waals surface area contributed by atoms with Crippen molar-refractivity contribution < 1.29 is 29.3 Å². The van der Waals surface area contributed by atoms with Crippen molar-refractivity contribution in [3.63, 3.8) is 0 Å². The first kappa shape index (κ1) is 23.1. The number of hydrogen-bond acceptors (Lipinski definition) is 6. The van der Waals surface area contributed by atoms with Crippen molar-refractivity contribution >= 4 is 35.0 Å². The summed E-state index contributed by atoms with van der Waals surface area (Å²) in [6, 6.07) is 18.4. The number of anilines is 1. The maximum absolute atomic E-state index is 11.6. The molecule has 2 aromatic carbocycles. The van der Waals surface area contributed by atoms with Gasteiger partial charge in [-0.3, -0.25) is 4.98 Å². The highest BCUT2D eigenvalue weighted by atomic mass is 32.1. The van der Waals surface area contributed by atoms with E-state index < -0.39 is 24.0 Å². The number of phenols is 1. The third kappa shape index (κ3) is 4.14. The Labute approximate surface area is 210 Å². The molecule has 4 aromatic rings. The standard InChI is InChI=1S/C26H19N3O6S/c30-19-7-2-1-6-18(19)29-23(22(28-26(29)36)17-5-3-4-10-27-17)21-9-8-20(35-21)14-11-15(24(31)32)13-16(12-14)25(33)34/h1-13,22-23,30H,(H,28,36)(H,31,32)(H,33,34)/t22-,23+/m1/s1. The molecule has 2 atom stereocenters. The van der Waals surface area contributed by atoms with E-state index in [4.69, 9.17) is 16.6 Å². The molecule has 2 aromatic heterocycles. The van der Waals surface area contributed by atoms with Gasteiger partial charge in [-0.2, -0.15) is 0 Å². The molecule has 9 nitrogen and oxygen atoms in total. The number of nitrogens with zero attached hydrogens (tertiary/aromatic N) is 2. The van der Waals surface area contributed by atoms with Crippen molar-refractivity contribution in [3.05, 3.63) is 102 Å². The maximum atomic E-state index is 11.6. The molecule has 1 fully saturated rings. The molecule has 36 heavy (non-hydrogen) atoms. The fraction of sp³-hybridized carbons (Fsp3) is 0.0769. The number of benzene rings is 2. The van der Waals surface area contributed by atoms with Crippen LogP contribution in [0.25, 0.3) is 11.3 Å². The summed E-state index contributed by atoms with van der Waals surface area (Å²) >= 11 is 5.63. The normalized spacial score (nSPS) is 17.1. The molecule has 0 radical (unpaired) electrons. The van der Waals surface area contributed by atoms with Crippen molar-refractivity contribution in [1.29, 1.82) is 0 Å². The number of pyridine rings is 1. The number of para-hydroxylation sites is 2. The Morgan fingerprint density at radius 3 is 2.28 bits per heavy atom. The fourth-order valence-electron chi connectivity index (χ4n) is 4.25. The number of aromatic hydroxyl groups is 1. The van der Waals surface area contributed by atoms with E-state index in [2.05, 4.69) is 10.3 Å². The highest BCUT2D eigenvalue weighted by molar-refractivity contribution is 7.80. The van der Waals surface area contributed by atoms with E-state index in [0.717, 1.165) is 6.07 Å². The Kier molecular flexibility index (Phi) is 5.87. The molecule has 3 heterocycles. The zero-order valence-electron chi connectivity index (χ0n) is 18.5. The highest BCUT2D eigenvalue weighted by Crippen LogP contribution is 2.45. The summed E-state index contributed by atoms with van der Waals surface area (Å²) in [5.41, 5.74) is 1.12. The third-order valence-corrected chi connectivity index (χ3v) is 6.18. The summed E-state index contributed by atoms with van der Waals surface area (Å²) in [6.45, 7) is 0. The predicted octanol–water partition coefficient (Wildman–Crippen LogP) is 4.62. The molecule has 5 rings (SSSR count). The van der Waals surface area contributed by atoms with Gasteiger partial charge in [0.1, 0.15) is 23.3 Å². The number of carboxylic acids is 2. The molecular weight excluding hydrogens is 482 g/mol. The Morgan fingerprint density at radius 2 is 1.64 bits per heavy atom. The van der Waals surface area contributed by atoms with Crippen LogP contribution in [0.5, 0.6) is 5.75 Å². The van der Waals surface area contributed by atoms with Crippen molar-refractivity contribution in [2.24, 2.45) is 0 Å². The second-order valence-corrected chi connectivity index (χ2v) is 8.48. The average molecular weight is 502 g/mol. The Hall–Kier alpha value is -4.70. The molecule has 1 saturated heterocycles. The lowest BCUT2D eigenvalue weighted by Crippen LogP contribution is -2.29. The highest BCUT2D eigenvalue weighted by Gasteiger charge is 2.43. The summed E-state index contributed by atoms with van der Waals surface area (Å²) in [5.74, 6) is -1.74. The van der Waals surface area contributed by atoms with Crippen LogP contribution in [0.15, 0.2) is 83.4 Å². The van der Waals surface area contributed by atoms with Gasteiger partial charge in [-0.25, -0.2) is 9.59 Å². The lowest BCUT2D eigenvalue weighted by Gasteiger charge is -2.26. The first-order valence-electron chi connectivity index (χ1n) is 10.8. The first-order valence-corrected chi connectivity index (χ1v) is 11.2. The van der Waals surface area contributed by atoms with Gasteiger partial charge in [-0.1, -0.05) is 18.2 Å². The second-order valence-electron chi connectivity index (χ2n) is 8.10. The zero-order valence-corrected chi connectivity index (χ0v) is 19.3. The zero-order chi connectivity index (χ0) is 25.4. The van der Waals surface area contributed by atoms with Gasteiger partial charge in [-0.05, 0) is 66.8 Å². The smallest absolute Gasteiger partial charge is 0.335 e. The van der Waals surface area contributed by atoms with Crippen LogP contribution in [0.3, 0.4) is 0 Å². The second kappa shape index (κ2) is 9.16. The minimum Gasteiger partial charge on any atom is -0.506 e. The Bertz CT molecular complexity index is 1450. The van der Waals surface area contributed by atoms with Crippen molar-refractivity contribution in [2.75, 3.05) is 4.90 Å². The topological polar surface area (TPSA) is 136 Å². The van der Waals surface area contributed by atoms with Gasteiger partial charge < -0.3 is 30.0 Å². The predicted molar refractivity (Wildman–Crippen MR) is 134 cm³/mol. The number of furan rings is 1. The van der Waals surface area contributed by atoms with Crippen molar-refractivity contribution in [2.45, 2.75) is 12.1 Å². The number of carboxylic acid groups (broad SMARTS) is 2. The van der Waals surface area contributed by atoms with E-state index in [9.17, 15) is 24.9 Å². The quantitative estimate of drug-likeness (QED) is 0.277. The summed E-state index contributed by atoms with van der Waals surface area (Å²) in [6.07, 6.45) is 1.66. The molecule has 1 aliphatic rings. The number of thiocarbonyl (C=S) groups is 1. The number of phenolic OH excluding ortho intramolecular Hbond substituents is 1. The van der Waals surface area contributed by atoms with E-state index in [1.54, 1.807) is 53.6 Å². The van der Waals surface area contributed by atoms with Gasteiger partial charge in [0.25, 0.3) is 0 Å². The van der Waals surface area contributed by atoms with Crippen molar-refractivity contribution in [3.8, 4) is 17.1 Å². The van der Waals surface area contributed by atoms with Gasteiger partial charge in [-0.15, -0.1) is 0 Å². The Morgan fingerprint density at radius 1 is 0.944 bits per heavy atom. The average Bonchev–Trinajstić information content (AvgIpc) is 3.49. The van der Waals surface area contributed by atoms with Crippen LogP contribution in [-0.4, -0.2) is 37.4 Å². The molecule has 1 aliphatic heterocycles. The number of carbonyl (C=O) groups is 2. The van der Waals surface area contributed by atoms with Crippen LogP contribution < -0.4 is 10.2 Å². The molecule has 0 unspecified atom stereocenters. The van der Waals surface area contributed by atoms with Crippen LogP contribution >= 0.6 is 12.2 Å². The van der Waals surface area contributed by atoms with Crippen molar-refractivity contribution in [1.82, 2.24) is 10.3 Å². The minimum atomic E-state index is -1.25.